The van der Waals surface area contributed by atoms with E-state index < -0.39 is 0 Å². The van der Waals surface area contributed by atoms with E-state index in [0.717, 1.165) is 25.3 Å². The lowest BCUT2D eigenvalue weighted by Crippen LogP contribution is -2.46. The lowest BCUT2D eigenvalue weighted by Gasteiger charge is -2.18. The first-order valence-corrected chi connectivity index (χ1v) is 6.90. The molecule has 1 aliphatic carbocycles. The van der Waals surface area contributed by atoms with Crippen LogP contribution in [0.3, 0.4) is 0 Å². The van der Waals surface area contributed by atoms with Crippen LogP contribution in [0.25, 0.3) is 0 Å². The minimum absolute atomic E-state index is 0.0780. The van der Waals surface area contributed by atoms with Crippen molar-refractivity contribution in [3.63, 3.8) is 0 Å². The number of carbonyl (C=O) groups is 1. The van der Waals surface area contributed by atoms with Crippen LogP contribution < -0.4 is 10.6 Å². The summed E-state index contributed by atoms with van der Waals surface area (Å²) >= 11 is 0. The Morgan fingerprint density at radius 1 is 1.41 bits per heavy atom. The Hall–Kier alpha value is -0.570. The quantitative estimate of drug-likeness (QED) is 0.717. The van der Waals surface area contributed by atoms with Crippen LogP contribution in [0.4, 0.5) is 0 Å². The van der Waals surface area contributed by atoms with Crippen LogP contribution in [0.2, 0.25) is 0 Å². The SMILES string of the molecule is CCCC(C)NC(=O)C(C)NCC1CC1(C)C. The van der Waals surface area contributed by atoms with Gasteiger partial charge >= 0.3 is 0 Å². The fraction of sp³-hybridized carbons (Fsp3) is 0.929. The molecular weight excluding hydrogens is 212 g/mol. The molecule has 1 aliphatic rings. The first-order chi connectivity index (χ1) is 7.86. The third-order valence-electron chi connectivity index (χ3n) is 3.89. The third-order valence-corrected chi connectivity index (χ3v) is 3.89. The lowest BCUT2D eigenvalue weighted by atomic mass is 10.1. The number of hydrogen-bond acceptors (Lipinski definition) is 2. The van der Waals surface area contributed by atoms with Gasteiger partial charge in [-0.05, 0) is 44.6 Å². The third kappa shape index (κ3) is 4.66. The molecule has 1 fully saturated rings. The van der Waals surface area contributed by atoms with Crippen LogP contribution >= 0.6 is 0 Å². The fourth-order valence-corrected chi connectivity index (χ4v) is 2.21. The van der Waals surface area contributed by atoms with Gasteiger partial charge in [-0.3, -0.25) is 4.79 Å². The van der Waals surface area contributed by atoms with Gasteiger partial charge in [0, 0.05) is 6.04 Å². The average molecular weight is 240 g/mol. The van der Waals surface area contributed by atoms with Crippen LogP contribution in [0.15, 0.2) is 0 Å². The molecule has 17 heavy (non-hydrogen) atoms. The Labute approximate surface area is 106 Å². The van der Waals surface area contributed by atoms with E-state index in [0.29, 0.717) is 5.41 Å². The molecule has 0 aromatic heterocycles. The van der Waals surface area contributed by atoms with Crippen molar-refractivity contribution in [2.24, 2.45) is 11.3 Å². The number of amides is 1. The molecule has 1 rings (SSSR count). The van der Waals surface area contributed by atoms with E-state index in [1.165, 1.54) is 6.42 Å². The Bertz CT molecular complexity index is 263. The predicted molar refractivity (Wildman–Crippen MR) is 71.9 cm³/mol. The van der Waals surface area contributed by atoms with Crippen molar-refractivity contribution >= 4 is 5.91 Å². The highest BCUT2D eigenvalue weighted by molar-refractivity contribution is 5.81. The second-order valence-corrected chi connectivity index (χ2v) is 6.22. The molecule has 0 aromatic carbocycles. The largest absolute Gasteiger partial charge is 0.352 e. The van der Waals surface area contributed by atoms with Crippen LogP contribution in [-0.2, 0) is 4.79 Å². The van der Waals surface area contributed by atoms with Crippen molar-refractivity contribution in [2.45, 2.75) is 66.0 Å². The molecule has 0 bridgehead atoms. The highest BCUT2D eigenvalue weighted by Crippen LogP contribution is 2.50. The van der Waals surface area contributed by atoms with Crippen LogP contribution in [-0.4, -0.2) is 24.5 Å². The number of rotatable bonds is 7. The maximum Gasteiger partial charge on any atom is 0.237 e. The molecule has 1 amide bonds. The summed E-state index contributed by atoms with van der Waals surface area (Å²) < 4.78 is 0. The van der Waals surface area contributed by atoms with Gasteiger partial charge in [0.1, 0.15) is 0 Å². The summed E-state index contributed by atoms with van der Waals surface area (Å²) in [7, 11) is 0. The van der Waals surface area contributed by atoms with Crippen molar-refractivity contribution in [3.8, 4) is 0 Å². The standard InChI is InChI=1S/C14H28N2O/c1-6-7-10(2)16-13(17)11(3)15-9-12-8-14(12,4)5/h10-12,15H,6-9H2,1-5H3,(H,16,17). The van der Waals surface area contributed by atoms with Crippen LogP contribution in [0.5, 0.6) is 0 Å². The second-order valence-electron chi connectivity index (χ2n) is 6.22. The van der Waals surface area contributed by atoms with E-state index in [2.05, 4.69) is 38.3 Å². The predicted octanol–water partition coefficient (Wildman–Crippen LogP) is 2.32. The second kappa shape index (κ2) is 5.85. The van der Waals surface area contributed by atoms with E-state index in [-0.39, 0.29) is 18.0 Å². The molecule has 0 heterocycles. The summed E-state index contributed by atoms with van der Waals surface area (Å²) in [5.41, 5.74) is 0.485. The van der Waals surface area contributed by atoms with Crippen LogP contribution in [0, 0.1) is 11.3 Å². The summed E-state index contributed by atoms with van der Waals surface area (Å²) in [6.07, 6.45) is 3.44. The number of hydrogen-bond donors (Lipinski definition) is 2. The van der Waals surface area contributed by atoms with E-state index in [9.17, 15) is 4.79 Å². The number of carbonyl (C=O) groups excluding carboxylic acids is 1. The molecule has 3 heteroatoms. The molecule has 0 radical (unpaired) electrons. The summed E-state index contributed by atoms with van der Waals surface area (Å²) in [4.78, 5) is 11.8. The molecule has 0 saturated heterocycles. The van der Waals surface area contributed by atoms with Crippen molar-refractivity contribution in [1.29, 1.82) is 0 Å². The molecule has 3 atom stereocenters. The van der Waals surface area contributed by atoms with Crippen molar-refractivity contribution in [2.75, 3.05) is 6.54 Å². The number of nitrogens with one attached hydrogen (secondary N) is 2. The molecule has 2 N–H and O–H groups in total. The van der Waals surface area contributed by atoms with Gasteiger partial charge in [0.15, 0.2) is 0 Å². The van der Waals surface area contributed by atoms with Gasteiger partial charge < -0.3 is 10.6 Å². The first-order valence-electron chi connectivity index (χ1n) is 6.90. The molecule has 3 nitrogen and oxygen atoms in total. The Kier molecular flexibility index (Phi) is 4.99. The maximum absolute atomic E-state index is 11.8. The Morgan fingerprint density at radius 2 is 2.00 bits per heavy atom. The van der Waals surface area contributed by atoms with Gasteiger partial charge in [-0.2, -0.15) is 0 Å². The normalized spacial score (nSPS) is 25.1. The molecule has 100 valence electrons. The smallest absolute Gasteiger partial charge is 0.237 e. The van der Waals surface area contributed by atoms with E-state index >= 15 is 0 Å². The molecule has 1 saturated carbocycles. The van der Waals surface area contributed by atoms with E-state index in [4.69, 9.17) is 0 Å². The van der Waals surface area contributed by atoms with Gasteiger partial charge in [0.05, 0.1) is 6.04 Å². The molecule has 0 aromatic rings. The summed E-state index contributed by atoms with van der Waals surface area (Å²) in [5, 5.41) is 6.38. The zero-order chi connectivity index (χ0) is 13.1. The highest BCUT2D eigenvalue weighted by atomic mass is 16.2. The van der Waals surface area contributed by atoms with Gasteiger partial charge in [0.2, 0.25) is 5.91 Å². The highest BCUT2D eigenvalue weighted by Gasteiger charge is 2.45. The van der Waals surface area contributed by atoms with Crippen LogP contribution in [0.1, 0.15) is 53.9 Å². The van der Waals surface area contributed by atoms with Gasteiger partial charge in [-0.15, -0.1) is 0 Å². The summed E-state index contributed by atoms with van der Waals surface area (Å²) in [5.74, 6) is 0.871. The van der Waals surface area contributed by atoms with Gasteiger partial charge in [0.25, 0.3) is 0 Å². The topological polar surface area (TPSA) is 41.1 Å². The zero-order valence-corrected chi connectivity index (χ0v) is 12.0. The van der Waals surface area contributed by atoms with Gasteiger partial charge in [-0.25, -0.2) is 0 Å². The average Bonchev–Trinajstić information content (AvgIpc) is 2.83. The summed E-state index contributed by atoms with van der Waals surface area (Å²) in [6.45, 7) is 11.7. The van der Waals surface area contributed by atoms with Crippen molar-refractivity contribution < 1.29 is 4.79 Å². The van der Waals surface area contributed by atoms with Crippen molar-refractivity contribution in [3.05, 3.63) is 0 Å². The monoisotopic (exact) mass is 240 g/mol. The molecule has 0 aliphatic heterocycles. The van der Waals surface area contributed by atoms with E-state index in [1.54, 1.807) is 0 Å². The molecular formula is C14H28N2O. The van der Waals surface area contributed by atoms with E-state index in [1.807, 2.05) is 6.92 Å². The Balaban J connectivity index is 2.18. The van der Waals surface area contributed by atoms with Gasteiger partial charge in [-0.1, -0.05) is 27.2 Å². The zero-order valence-electron chi connectivity index (χ0n) is 12.0. The Morgan fingerprint density at radius 3 is 2.47 bits per heavy atom. The fourth-order valence-electron chi connectivity index (χ4n) is 2.21. The molecule has 3 unspecified atom stereocenters. The minimum Gasteiger partial charge on any atom is -0.352 e. The minimum atomic E-state index is -0.0780. The first kappa shape index (κ1) is 14.5. The maximum atomic E-state index is 11.8. The van der Waals surface area contributed by atoms with Crippen molar-refractivity contribution in [1.82, 2.24) is 10.6 Å². The molecule has 0 spiro atoms. The summed E-state index contributed by atoms with van der Waals surface area (Å²) in [6, 6.07) is 0.208. The lowest BCUT2D eigenvalue weighted by molar-refractivity contribution is -0.123.